The minimum atomic E-state index is -3.71. The van der Waals surface area contributed by atoms with Gasteiger partial charge in [-0.1, -0.05) is 12.1 Å². The van der Waals surface area contributed by atoms with E-state index in [0.29, 0.717) is 30.2 Å². The minimum absolute atomic E-state index is 0.0478. The second kappa shape index (κ2) is 7.65. The number of non-ortho nitro benzene ring substituents is 1. The van der Waals surface area contributed by atoms with Gasteiger partial charge in [-0.2, -0.15) is 4.31 Å². The Morgan fingerprint density at radius 1 is 1.27 bits per heavy atom. The van der Waals surface area contributed by atoms with E-state index < -0.39 is 20.3 Å². The van der Waals surface area contributed by atoms with Crippen LogP contribution < -0.4 is 4.74 Å². The number of hydrogen-bond acceptors (Lipinski definition) is 6. The highest BCUT2D eigenvalue weighted by Crippen LogP contribution is 2.42. The van der Waals surface area contributed by atoms with E-state index in [0.717, 1.165) is 0 Å². The molecule has 0 aromatic heterocycles. The van der Waals surface area contributed by atoms with Crippen molar-refractivity contribution in [1.29, 1.82) is 0 Å². The lowest BCUT2D eigenvalue weighted by atomic mass is 10.2. The number of nitro benzene ring substituents is 1. The molecule has 0 spiro atoms. The number of nitrogens with zero attached hydrogens (tertiary/aromatic N) is 2. The highest BCUT2D eigenvalue weighted by atomic mass is 32.2. The molecule has 1 fully saturated rings. The zero-order chi connectivity index (χ0) is 18.7. The number of sulfonamides is 1. The molecule has 9 heteroatoms. The van der Waals surface area contributed by atoms with Crippen molar-refractivity contribution in [2.75, 3.05) is 18.9 Å². The maximum absolute atomic E-state index is 13.0. The molecule has 3 rings (SSSR count). The zero-order valence-electron chi connectivity index (χ0n) is 14.1. The Morgan fingerprint density at radius 2 is 2.00 bits per heavy atom. The summed E-state index contributed by atoms with van der Waals surface area (Å²) in [5, 5.41) is 10.5. The summed E-state index contributed by atoms with van der Waals surface area (Å²) in [5.41, 5.74) is 0.560. The molecule has 0 aliphatic carbocycles. The second-order valence-corrected chi connectivity index (χ2v) is 8.67. The fraction of sp³-hybridized carbons (Fsp3) is 0.294. The van der Waals surface area contributed by atoms with Crippen LogP contribution in [-0.2, 0) is 10.0 Å². The van der Waals surface area contributed by atoms with Crippen molar-refractivity contribution in [3.63, 3.8) is 0 Å². The van der Waals surface area contributed by atoms with Gasteiger partial charge in [-0.15, -0.1) is 11.8 Å². The molecular formula is C17H18N2O5S2. The monoisotopic (exact) mass is 394 g/mol. The van der Waals surface area contributed by atoms with Crippen LogP contribution in [0.15, 0.2) is 53.4 Å². The van der Waals surface area contributed by atoms with Gasteiger partial charge in [-0.3, -0.25) is 10.1 Å². The molecule has 2 aromatic carbocycles. The number of benzene rings is 2. The van der Waals surface area contributed by atoms with Crippen molar-refractivity contribution < 1.29 is 18.1 Å². The molecule has 0 bridgehead atoms. The number of rotatable bonds is 6. The lowest BCUT2D eigenvalue weighted by Crippen LogP contribution is -2.30. The average Bonchev–Trinajstić information content (AvgIpc) is 3.13. The van der Waals surface area contributed by atoms with E-state index in [9.17, 15) is 18.5 Å². The first kappa shape index (κ1) is 18.7. The molecule has 2 aromatic rings. The van der Waals surface area contributed by atoms with Crippen LogP contribution in [0.2, 0.25) is 0 Å². The van der Waals surface area contributed by atoms with E-state index in [2.05, 4.69) is 0 Å². The first-order valence-electron chi connectivity index (χ1n) is 8.04. The van der Waals surface area contributed by atoms with Crippen LogP contribution in [0.5, 0.6) is 5.75 Å². The summed E-state index contributed by atoms with van der Waals surface area (Å²) in [6.07, 6.45) is 0. The molecule has 7 nitrogen and oxygen atoms in total. The second-order valence-electron chi connectivity index (χ2n) is 5.60. The third-order valence-corrected chi connectivity index (χ3v) is 7.23. The smallest absolute Gasteiger partial charge is 0.269 e. The van der Waals surface area contributed by atoms with Crippen molar-refractivity contribution in [3.05, 3.63) is 64.2 Å². The van der Waals surface area contributed by atoms with E-state index in [4.69, 9.17) is 4.74 Å². The molecule has 1 atom stereocenters. The quantitative estimate of drug-likeness (QED) is 0.551. The summed E-state index contributed by atoms with van der Waals surface area (Å²) in [6, 6.07) is 12.4. The largest absolute Gasteiger partial charge is 0.494 e. The van der Waals surface area contributed by atoms with Gasteiger partial charge in [0.05, 0.1) is 21.8 Å². The molecule has 138 valence electrons. The van der Waals surface area contributed by atoms with E-state index in [1.54, 1.807) is 24.3 Å². The molecule has 0 radical (unpaired) electrons. The Bertz CT molecular complexity index is 900. The Hall–Kier alpha value is -2.10. The molecule has 1 heterocycles. The van der Waals surface area contributed by atoms with Gasteiger partial charge in [-0.05, 0) is 36.8 Å². The summed E-state index contributed by atoms with van der Waals surface area (Å²) in [5.74, 6) is 1.24. The molecule has 0 amide bonds. The van der Waals surface area contributed by atoms with Gasteiger partial charge in [0.2, 0.25) is 10.0 Å². The number of nitro groups is 1. The van der Waals surface area contributed by atoms with Crippen molar-refractivity contribution >= 4 is 27.5 Å². The highest BCUT2D eigenvalue weighted by molar-refractivity contribution is 8.01. The third kappa shape index (κ3) is 3.69. The average molecular weight is 394 g/mol. The minimum Gasteiger partial charge on any atom is -0.494 e. The lowest BCUT2D eigenvalue weighted by molar-refractivity contribution is -0.384. The maximum atomic E-state index is 13.0. The molecule has 0 saturated carbocycles. The van der Waals surface area contributed by atoms with E-state index in [1.165, 1.54) is 40.3 Å². The standard InChI is InChI=1S/C17H18N2O5S2/c1-2-24-15-6-8-16(9-7-15)26(22,23)18-10-11-25-17(18)13-4-3-5-14(12-13)19(20)21/h3-9,12,17H,2,10-11H2,1H3/t17-/m1/s1. The fourth-order valence-electron chi connectivity index (χ4n) is 2.77. The van der Waals surface area contributed by atoms with Gasteiger partial charge >= 0.3 is 0 Å². The summed E-state index contributed by atoms with van der Waals surface area (Å²) in [7, 11) is -3.71. The van der Waals surface area contributed by atoms with Gasteiger partial charge in [0.15, 0.2) is 0 Å². The topological polar surface area (TPSA) is 89.8 Å². The first-order chi connectivity index (χ1) is 12.4. The summed E-state index contributed by atoms with van der Waals surface area (Å²) < 4.78 is 32.8. The number of ether oxygens (including phenoxy) is 1. The molecule has 26 heavy (non-hydrogen) atoms. The van der Waals surface area contributed by atoms with Gasteiger partial charge in [-0.25, -0.2) is 8.42 Å². The highest BCUT2D eigenvalue weighted by Gasteiger charge is 2.37. The molecule has 0 N–H and O–H groups in total. The lowest BCUT2D eigenvalue weighted by Gasteiger charge is -2.23. The molecule has 1 saturated heterocycles. The normalized spacial score (nSPS) is 18.0. The fourth-order valence-corrected chi connectivity index (χ4v) is 6.00. The van der Waals surface area contributed by atoms with Crippen LogP contribution in [0.3, 0.4) is 0 Å². The van der Waals surface area contributed by atoms with Crippen molar-refractivity contribution in [2.45, 2.75) is 17.2 Å². The number of hydrogen-bond donors (Lipinski definition) is 0. The van der Waals surface area contributed by atoms with Crippen LogP contribution in [-0.4, -0.2) is 36.6 Å². The van der Waals surface area contributed by atoms with Crippen molar-refractivity contribution in [3.8, 4) is 5.75 Å². The molecule has 1 aliphatic rings. The molecule has 0 unspecified atom stereocenters. The van der Waals surface area contributed by atoms with Crippen LogP contribution in [0.4, 0.5) is 5.69 Å². The van der Waals surface area contributed by atoms with Crippen molar-refractivity contribution in [2.24, 2.45) is 0 Å². The predicted octanol–water partition coefficient (Wildman–Crippen LogP) is 3.43. The van der Waals surface area contributed by atoms with Crippen LogP contribution in [0.25, 0.3) is 0 Å². The van der Waals surface area contributed by atoms with Crippen LogP contribution in [0.1, 0.15) is 17.9 Å². The Labute approximate surface area is 156 Å². The Balaban J connectivity index is 1.91. The summed E-state index contributed by atoms with van der Waals surface area (Å²) in [4.78, 5) is 10.7. The SMILES string of the molecule is CCOc1ccc(S(=O)(=O)N2CCS[C@@H]2c2cccc([N+](=O)[O-])c2)cc1. The predicted molar refractivity (Wildman–Crippen MR) is 99.8 cm³/mol. The van der Waals surface area contributed by atoms with E-state index in [-0.39, 0.29) is 10.6 Å². The third-order valence-electron chi connectivity index (χ3n) is 3.96. The molecular weight excluding hydrogens is 376 g/mol. The van der Waals surface area contributed by atoms with Gasteiger partial charge in [0, 0.05) is 24.4 Å². The van der Waals surface area contributed by atoms with Crippen LogP contribution >= 0.6 is 11.8 Å². The van der Waals surface area contributed by atoms with Crippen molar-refractivity contribution in [1.82, 2.24) is 4.31 Å². The first-order valence-corrected chi connectivity index (χ1v) is 10.5. The maximum Gasteiger partial charge on any atom is 0.269 e. The van der Waals surface area contributed by atoms with Gasteiger partial charge in [0.25, 0.3) is 5.69 Å². The van der Waals surface area contributed by atoms with Crippen LogP contribution in [0, 0.1) is 10.1 Å². The molecule has 1 aliphatic heterocycles. The Morgan fingerprint density at radius 3 is 2.65 bits per heavy atom. The van der Waals surface area contributed by atoms with Gasteiger partial charge < -0.3 is 4.74 Å². The number of thioether (sulfide) groups is 1. The van der Waals surface area contributed by atoms with E-state index in [1.807, 2.05) is 6.92 Å². The summed E-state index contributed by atoms with van der Waals surface area (Å²) in [6.45, 7) is 2.72. The van der Waals surface area contributed by atoms with Gasteiger partial charge in [0.1, 0.15) is 5.75 Å². The Kier molecular flexibility index (Phi) is 5.49. The summed E-state index contributed by atoms with van der Waals surface area (Å²) >= 11 is 1.46. The van der Waals surface area contributed by atoms with E-state index >= 15 is 0 Å². The zero-order valence-corrected chi connectivity index (χ0v) is 15.7.